The van der Waals surface area contributed by atoms with Crippen LogP contribution in [0, 0.1) is 5.92 Å². The Kier molecular flexibility index (Phi) is 3.92. The van der Waals surface area contributed by atoms with Crippen molar-refractivity contribution in [2.24, 2.45) is 5.92 Å². The van der Waals surface area contributed by atoms with E-state index in [9.17, 15) is 9.59 Å². The third kappa shape index (κ3) is 3.24. The zero-order chi connectivity index (χ0) is 14.8. The lowest BCUT2D eigenvalue weighted by atomic mass is 10.0. The van der Waals surface area contributed by atoms with Crippen molar-refractivity contribution in [2.75, 3.05) is 6.54 Å². The van der Waals surface area contributed by atoms with Crippen LogP contribution in [0.15, 0.2) is 27.8 Å². The molecule has 5 nitrogen and oxygen atoms in total. The van der Waals surface area contributed by atoms with Gasteiger partial charge in [-0.15, -0.1) is 0 Å². The minimum absolute atomic E-state index is 0.317. The van der Waals surface area contributed by atoms with E-state index in [0.29, 0.717) is 17.1 Å². The van der Waals surface area contributed by atoms with Crippen LogP contribution in [0.5, 0.6) is 0 Å². The fraction of sp³-hybridized carbons (Fsp3) is 0.500. The van der Waals surface area contributed by atoms with E-state index in [0.717, 1.165) is 25.3 Å². The molecule has 1 unspecified atom stereocenters. The van der Waals surface area contributed by atoms with Gasteiger partial charge < -0.3 is 15.3 Å². The second-order valence-electron chi connectivity index (χ2n) is 5.90. The summed E-state index contributed by atoms with van der Waals surface area (Å²) in [4.78, 5) is 28.0. The molecule has 0 saturated heterocycles. The summed E-state index contributed by atoms with van der Waals surface area (Å²) in [6.45, 7) is 3.14. The van der Waals surface area contributed by atoms with Gasteiger partial charge in [0.05, 0.1) is 11.0 Å². The lowest BCUT2D eigenvalue weighted by Gasteiger charge is -2.19. The minimum Gasteiger partial charge on any atom is -0.316 e. The maximum Gasteiger partial charge on any atom is 0.314 e. The van der Waals surface area contributed by atoms with Gasteiger partial charge in [0.15, 0.2) is 0 Å². The molecule has 21 heavy (non-hydrogen) atoms. The summed E-state index contributed by atoms with van der Waals surface area (Å²) in [5, 5.41) is 3.58. The fourth-order valence-electron chi connectivity index (χ4n) is 2.69. The molecule has 1 heterocycles. The van der Waals surface area contributed by atoms with Gasteiger partial charge in [-0.25, -0.2) is 0 Å². The first kappa shape index (κ1) is 14.1. The number of fused-ring (bicyclic) bond motifs is 1. The Morgan fingerprint density at radius 1 is 1.19 bits per heavy atom. The van der Waals surface area contributed by atoms with E-state index in [-0.39, 0.29) is 0 Å². The van der Waals surface area contributed by atoms with E-state index in [1.54, 1.807) is 0 Å². The van der Waals surface area contributed by atoms with E-state index in [1.165, 1.54) is 18.4 Å². The first-order chi connectivity index (χ1) is 10.2. The SMILES string of the molecule is CCCNC(CC1CC1)c1ccc2[nH]c(=O)c(=O)[nH]c2c1. The number of rotatable bonds is 6. The molecular weight excluding hydrogens is 266 g/mol. The van der Waals surface area contributed by atoms with Gasteiger partial charge in [0.1, 0.15) is 0 Å². The molecule has 1 saturated carbocycles. The Morgan fingerprint density at radius 3 is 2.57 bits per heavy atom. The molecule has 0 spiro atoms. The van der Waals surface area contributed by atoms with Gasteiger partial charge in [-0.05, 0) is 43.0 Å². The smallest absolute Gasteiger partial charge is 0.314 e. The second-order valence-corrected chi connectivity index (χ2v) is 5.90. The van der Waals surface area contributed by atoms with Crippen LogP contribution in [0.25, 0.3) is 11.0 Å². The third-order valence-electron chi connectivity index (χ3n) is 4.06. The molecule has 3 rings (SSSR count). The molecule has 1 fully saturated rings. The van der Waals surface area contributed by atoms with E-state index in [2.05, 4.69) is 22.2 Å². The molecule has 1 aromatic heterocycles. The van der Waals surface area contributed by atoms with E-state index in [1.807, 2.05) is 18.2 Å². The molecule has 1 aromatic carbocycles. The Hall–Kier alpha value is -1.88. The van der Waals surface area contributed by atoms with Crippen molar-refractivity contribution in [3.8, 4) is 0 Å². The predicted octanol–water partition coefficient (Wildman–Crippen LogP) is 2.06. The highest BCUT2D eigenvalue weighted by Crippen LogP contribution is 2.37. The zero-order valence-corrected chi connectivity index (χ0v) is 12.2. The average molecular weight is 287 g/mol. The van der Waals surface area contributed by atoms with Crippen molar-refractivity contribution in [3.63, 3.8) is 0 Å². The number of aromatic amines is 2. The fourth-order valence-corrected chi connectivity index (χ4v) is 2.69. The molecule has 0 aliphatic heterocycles. The van der Waals surface area contributed by atoms with Crippen LogP contribution in [0.2, 0.25) is 0 Å². The molecule has 0 amide bonds. The Labute approximate surface area is 122 Å². The van der Waals surface area contributed by atoms with Crippen molar-refractivity contribution in [3.05, 3.63) is 44.5 Å². The molecule has 0 radical (unpaired) electrons. The lowest BCUT2D eigenvalue weighted by Crippen LogP contribution is -2.29. The van der Waals surface area contributed by atoms with Crippen molar-refractivity contribution in [1.82, 2.24) is 15.3 Å². The summed E-state index contributed by atoms with van der Waals surface area (Å²) < 4.78 is 0. The molecule has 3 N–H and O–H groups in total. The standard InChI is InChI=1S/C16H21N3O2/c1-2-7-17-13(8-10-3-4-10)11-5-6-12-14(9-11)19-16(21)15(20)18-12/h5-6,9-10,13,17H,2-4,7-8H2,1H3,(H,18,20)(H,19,21). The number of hydrogen-bond acceptors (Lipinski definition) is 3. The Bertz CT molecular complexity index is 743. The first-order valence-corrected chi connectivity index (χ1v) is 7.67. The second kappa shape index (κ2) is 5.85. The van der Waals surface area contributed by atoms with Gasteiger partial charge in [0.2, 0.25) is 0 Å². The van der Waals surface area contributed by atoms with Crippen LogP contribution in [0.1, 0.15) is 44.2 Å². The van der Waals surface area contributed by atoms with E-state index in [4.69, 9.17) is 0 Å². The first-order valence-electron chi connectivity index (χ1n) is 7.67. The summed E-state index contributed by atoms with van der Waals surface area (Å²) in [5.41, 5.74) is 1.33. The summed E-state index contributed by atoms with van der Waals surface area (Å²) in [5.74, 6) is 0.824. The summed E-state index contributed by atoms with van der Waals surface area (Å²) in [6.07, 6.45) is 4.88. The lowest BCUT2D eigenvalue weighted by molar-refractivity contribution is 0.474. The highest BCUT2D eigenvalue weighted by atomic mass is 16.2. The maximum atomic E-state index is 11.5. The quantitative estimate of drug-likeness (QED) is 0.712. The summed E-state index contributed by atoms with van der Waals surface area (Å²) in [7, 11) is 0. The topological polar surface area (TPSA) is 77.8 Å². The molecule has 2 aromatic rings. The van der Waals surface area contributed by atoms with E-state index >= 15 is 0 Å². The normalized spacial score (nSPS) is 16.2. The third-order valence-corrected chi connectivity index (χ3v) is 4.06. The molecule has 112 valence electrons. The van der Waals surface area contributed by atoms with Gasteiger partial charge in [-0.3, -0.25) is 9.59 Å². The largest absolute Gasteiger partial charge is 0.316 e. The Balaban J connectivity index is 1.94. The summed E-state index contributed by atoms with van der Waals surface area (Å²) >= 11 is 0. The number of aromatic nitrogens is 2. The molecule has 1 aliphatic rings. The summed E-state index contributed by atoms with van der Waals surface area (Å²) in [6, 6.07) is 6.20. The van der Waals surface area contributed by atoms with Crippen molar-refractivity contribution in [2.45, 2.75) is 38.6 Å². The monoisotopic (exact) mass is 287 g/mol. The molecular formula is C16H21N3O2. The van der Waals surface area contributed by atoms with Gasteiger partial charge >= 0.3 is 11.1 Å². The van der Waals surface area contributed by atoms with Crippen LogP contribution in [-0.2, 0) is 0 Å². The van der Waals surface area contributed by atoms with Crippen molar-refractivity contribution < 1.29 is 0 Å². The number of hydrogen-bond donors (Lipinski definition) is 3. The number of benzene rings is 1. The van der Waals surface area contributed by atoms with E-state index < -0.39 is 11.1 Å². The van der Waals surface area contributed by atoms with Gasteiger partial charge in [-0.2, -0.15) is 0 Å². The van der Waals surface area contributed by atoms with Crippen LogP contribution < -0.4 is 16.4 Å². The van der Waals surface area contributed by atoms with Crippen LogP contribution in [0.4, 0.5) is 0 Å². The maximum absolute atomic E-state index is 11.5. The number of H-pyrrole nitrogens is 2. The molecule has 1 aliphatic carbocycles. The molecule has 0 bridgehead atoms. The van der Waals surface area contributed by atoms with Crippen LogP contribution >= 0.6 is 0 Å². The minimum atomic E-state index is -0.603. The van der Waals surface area contributed by atoms with Crippen molar-refractivity contribution >= 4 is 11.0 Å². The zero-order valence-electron chi connectivity index (χ0n) is 12.2. The molecule has 1 atom stereocenters. The highest BCUT2D eigenvalue weighted by molar-refractivity contribution is 5.74. The van der Waals surface area contributed by atoms with Gasteiger partial charge in [0, 0.05) is 6.04 Å². The predicted molar refractivity (Wildman–Crippen MR) is 83.6 cm³/mol. The van der Waals surface area contributed by atoms with Crippen molar-refractivity contribution in [1.29, 1.82) is 0 Å². The average Bonchev–Trinajstić information content (AvgIpc) is 3.28. The van der Waals surface area contributed by atoms with Gasteiger partial charge in [-0.1, -0.05) is 25.8 Å². The van der Waals surface area contributed by atoms with Crippen LogP contribution in [-0.4, -0.2) is 16.5 Å². The Morgan fingerprint density at radius 2 is 1.90 bits per heavy atom. The number of nitrogens with one attached hydrogen (secondary N) is 3. The molecule has 5 heteroatoms. The van der Waals surface area contributed by atoms with Crippen LogP contribution in [0.3, 0.4) is 0 Å². The van der Waals surface area contributed by atoms with Gasteiger partial charge in [0.25, 0.3) is 0 Å². The highest BCUT2D eigenvalue weighted by Gasteiger charge is 2.26.